The normalized spacial score (nSPS) is 23.2. The molecule has 134 valence electrons. The number of guanidine groups is 1. The van der Waals surface area contributed by atoms with E-state index in [0.29, 0.717) is 24.3 Å². The van der Waals surface area contributed by atoms with Gasteiger partial charge in [-0.2, -0.15) is 4.98 Å². The van der Waals surface area contributed by atoms with Crippen LogP contribution in [0.1, 0.15) is 51.7 Å². The molecule has 0 aromatic carbocycles. The lowest BCUT2D eigenvalue weighted by molar-refractivity contribution is 0.249. The molecule has 2 fully saturated rings. The van der Waals surface area contributed by atoms with Gasteiger partial charge in [0, 0.05) is 31.6 Å². The van der Waals surface area contributed by atoms with Gasteiger partial charge in [0.25, 0.3) is 0 Å². The van der Waals surface area contributed by atoms with Crippen molar-refractivity contribution in [3.8, 4) is 0 Å². The molecule has 3 heterocycles. The Morgan fingerprint density at radius 1 is 1.29 bits per heavy atom. The van der Waals surface area contributed by atoms with Gasteiger partial charge in [-0.15, -0.1) is 0 Å². The molecule has 0 amide bonds. The van der Waals surface area contributed by atoms with Gasteiger partial charge in [0.05, 0.1) is 6.54 Å². The lowest BCUT2D eigenvalue weighted by Crippen LogP contribution is -2.42. The summed E-state index contributed by atoms with van der Waals surface area (Å²) in [6.07, 6.45) is 3.91. The maximum Gasteiger partial charge on any atom is 0.232 e. The fourth-order valence-electron chi connectivity index (χ4n) is 3.46. The van der Waals surface area contributed by atoms with Gasteiger partial charge in [0.15, 0.2) is 11.8 Å². The van der Waals surface area contributed by atoms with Crippen molar-refractivity contribution < 1.29 is 4.52 Å². The first-order chi connectivity index (χ1) is 11.5. The molecule has 7 heteroatoms. The molecule has 0 radical (unpaired) electrons. The predicted octanol–water partition coefficient (Wildman–Crippen LogP) is 1.61. The molecular weight excluding hydrogens is 304 g/mol. The second-order valence-corrected chi connectivity index (χ2v) is 7.80. The third kappa shape index (κ3) is 3.88. The summed E-state index contributed by atoms with van der Waals surface area (Å²) in [5.41, 5.74) is -0.120. The van der Waals surface area contributed by atoms with Crippen molar-refractivity contribution in [2.75, 3.05) is 33.2 Å². The largest absolute Gasteiger partial charge is 0.349 e. The smallest absolute Gasteiger partial charge is 0.232 e. The molecule has 1 atom stereocenters. The van der Waals surface area contributed by atoms with Gasteiger partial charge in [-0.3, -0.25) is 9.89 Å². The minimum atomic E-state index is -0.120. The summed E-state index contributed by atoms with van der Waals surface area (Å²) >= 11 is 0. The van der Waals surface area contributed by atoms with E-state index in [4.69, 9.17) is 4.52 Å². The van der Waals surface area contributed by atoms with Crippen molar-refractivity contribution in [1.82, 2.24) is 25.3 Å². The zero-order valence-corrected chi connectivity index (χ0v) is 15.4. The highest BCUT2D eigenvalue weighted by Gasteiger charge is 2.30. The fraction of sp³-hybridized carbons (Fsp3) is 0.824. The lowest BCUT2D eigenvalue weighted by atomic mass is 9.97. The molecule has 1 unspecified atom stereocenters. The molecule has 0 spiro atoms. The van der Waals surface area contributed by atoms with Crippen LogP contribution in [0.2, 0.25) is 0 Å². The van der Waals surface area contributed by atoms with E-state index in [1.807, 2.05) is 7.05 Å². The molecule has 1 N–H and O–H groups in total. The van der Waals surface area contributed by atoms with Crippen molar-refractivity contribution in [2.45, 2.75) is 58.0 Å². The minimum absolute atomic E-state index is 0.120. The van der Waals surface area contributed by atoms with E-state index >= 15 is 0 Å². The van der Waals surface area contributed by atoms with E-state index in [-0.39, 0.29) is 5.41 Å². The molecule has 24 heavy (non-hydrogen) atoms. The van der Waals surface area contributed by atoms with Crippen LogP contribution in [0.4, 0.5) is 0 Å². The summed E-state index contributed by atoms with van der Waals surface area (Å²) in [6, 6.07) is 0.670. The van der Waals surface area contributed by atoms with Gasteiger partial charge < -0.3 is 14.7 Å². The second-order valence-electron chi connectivity index (χ2n) is 7.80. The number of nitrogens with one attached hydrogen (secondary N) is 1. The van der Waals surface area contributed by atoms with Crippen LogP contribution in [0, 0.1) is 0 Å². The molecule has 1 aromatic rings. The highest BCUT2D eigenvalue weighted by molar-refractivity contribution is 5.80. The van der Waals surface area contributed by atoms with Crippen molar-refractivity contribution in [2.24, 2.45) is 4.99 Å². The average Bonchev–Trinajstić information content (AvgIpc) is 3.28. The Labute approximate surface area is 144 Å². The van der Waals surface area contributed by atoms with E-state index in [1.165, 1.54) is 32.4 Å². The van der Waals surface area contributed by atoms with Crippen LogP contribution in [0.5, 0.6) is 0 Å². The average molecular weight is 334 g/mol. The number of hydrogen-bond donors (Lipinski definition) is 1. The predicted molar refractivity (Wildman–Crippen MR) is 94.0 cm³/mol. The summed E-state index contributed by atoms with van der Waals surface area (Å²) in [6.45, 7) is 11.4. The molecule has 2 aliphatic rings. The molecule has 0 aliphatic carbocycles. The van der Waals surface area contributed by atoms with E-state index in [9.17, 15) is 0 Å². The molecule has 3 rings (SSSR count). The van der Waals surface area contributed by atoms with E-state index in [2.05, 4.69) is 51.0 Å². The fourth-order valence-corrected chi connectivity index (χ4v) is 3.46. The van der Waals surface area contributed by atoms with Crippen LogP contribution in [-0.2, 0) is 12.0 Å². The number of aromatic nitrogens is 2. The summed E-state index contributed by atoms with van der Waals surface area (Å²) in [5, 5.41) is 7.44. The van der Waals surface area contributed by atoms with Crippen LogP contribution in [0.25, 0.3) is 0 Å². The van der Waals surface area contributed by atoms with Gasteiger partial charge in [-0.25, -0.2) is 0 Å². The summed E-state index contributed by atoms with van der Waals surface area (Å²) in [5.74, 6) is 2.28. The molecule has 7 nitrogen and oxygen atoms in total. The van der Waals surface area contributed by atoms with Crippen molar-refractivity contribution in [3.63, 3.8) is 0 Å². The Morgan fingerprint density at radius 2 is 2.04 bits per heavy atom. The van der Waals surface area contributed by atoms with Crippen LogP contribution in [0.15, 0.2) is 9.52 Å². The van der Waals surface area contributed by atoms with E-state index < -0.39 is 0 Å². The summed E-state index contributed by atoms with van der Waals surface area (Å²) in [4.78, 5) is 13.9. The number of rotatable bonds is 3. The first-order valence-electron chi connectivity index (χ1n) is 9.00. The van der Waals surface area contributed by atoms with E-state index in [0.717, 1.165) is 19.0 Å². The molecule has 1 aromatic heterocycles. The van der Waals surface area contributed by atoms with Gasteiger partial charge >= 0.3 is 0 Å². The van der Waals surface area contributed by atoms with Gasteiger partial charge in [0.2, 0.25) is 5.89 Å². The number of likely N-dealkylation sites (tertiary alicyclic amines) is 2. The lowest BCUT2D eigenvalue weighted by Gasteiger charge is -2.25. The van der Waals surface area contributed by atoms with Crippen LogP contribution in [-0.4, -0.2) is 65.2 Å². The van der Waals surface area contributed by atoms with E-state index in [1.54, 1.807) is 0 Å². The zero-order chi connectivity index (χ0) is 17.2. The minimum Gasteiger partial charge on any atom is -0.349 e. The Morgan fingerprint density at radius 3 is 2.67 bits per heavy atom. The molecule has 0 bridgehead atoms. The number of hydrogen-bond acceptors (Lipinski definition) is 5. The SMILES string of the molecule is CN=C(NCc1noc(C(C)(C)C)n1)N1CCC(N2CCCC2)C1. The van der Waals surface area contributed by atoms with Gasteiger partial charge in [-0.1, -0.05) is 25.9 Å². The van der Waals surface area contributed by atoms with Crippen molar-refractivity contribution in [3.05, 3.63) is 11.7 Å². The standard InChI is InChI=1S/C17H30N6O/c1-17(2,3)15-20-14(21-24-15)11-19-16(18-4)23-10-7-13(12-23)22-8-5-6-9-22/h13H,5-12H2,1-4H3,(H,18,19). The van der Waals surface area contributed by atoms with Crippen molar-refractivity contribution in [1.29, 1.82) is 0 Å². The number of aliphatic imine (C=N–C) groups is 1. The van der Waals surface area contributed by atoms with Crippen LogP contribution in [0.3, 0.4) is 0 Å². The Hall–Kier alpha value is -1.63. The van der Waals surface area contributed by atoms with Crippen LogP contribution >= 0.6 is 0 Å². The molecule has 2 aliphatic heterocycles. The summed E-state index contributed by atoms with van der Waals surface area (Å²) in [7, 11) is 1.84. The first kappa shape index (κ1) is 17.2. The van der Waals surface area contributed by atoms with Gasteiger partial charge in [-0.05, 0) is 32.4 Å². The van der Waals surface area contributed by atoms with Crippen LogP contribution < -0.4 is 5.32 Å². The first-order valence-corrected chi connectivity index (χ1v) is 9.00. The second kappa shape index (κ2) is 7.09. The quantitative estimate of drug-likeness (QED) is 0.669. The monoisotopic (exact) mass is 334 g/mol. The highest BCUT2D eigenvalue weighted by atomic mass is 16.5. The topological polar surface area (TPSA) is 69.8 Å². The maximum absolute atomic E-state index is 5.34. The number of nitrogens with zero attached hydrogens (tertiary/aromatic N) is 5. The third-order valence-corrected chi connectivity index (χ3v) is 4.85. The third-order valence-electron chi connectivity index (χ3n) is 4.85. The zero-order valence-electron chi connectivity index (χ0n) is 15.4. The Kier molecular flexibility index (Phi) is 5.08. The Balaban J connectivity index is 1.53. The molecule has 2 saturated heterocycles. The molecular formula is C17H30N6O. The maximum atomic E-state index is 5.34. The van der Waals surface area contributed by atoms with Crippen molar-refractivity contribution >= 4 is 5.96 Å². The van der Waals surface area contributed by atoms with Gasteiger partial charge in [0.1, 0.15) is 0 Å². The summed E-state index contributed by atoms with van der Waals surface area (Å²) < 4.78 is 5.34. The Bertz CT molecular complexity index is 570. The highest BCUT2D eigenvalue weighted by Crippen LogP contribution is 2.21. The molecule has 0 saturated carbocycles.